The number of ether oxygens (including phenoxy) is 1. The quantitative estimate of drug-likeness (QED) is 0.523. The average Bonchev–Trinajstić information content (AvgIpc) is 3.40. The third-order valence-electron chi connectivity index (χ3n) is 4.01. The Morgan fingerprint density at radius 2 is 1.62 bits per heavy atom. The van der Waals surface area contributed by atoms with Gasteiger partial charge in [-0.25, -0.2) is 4.79 Å². The van der Waals surface area contributed by atoms with Gasteiger partial charge in [-0.05, 0) is 60.7 Å². The van der Waals surface area contributed by atoms with Crippen LogP contribution in [0.2, 0.25) is 0 Å². The number of carbonyl (C=O) groups is 1. The predicted octanol–water partition coefficient (Wildman–Crippen LogP) is 3.98. The van der Waals surface area contributed by atoms with Crippen LogP contribution in [0, 0.1) is 0 Å². The van der Waals surface area contributed by atoms with Crippen LogP contribution in [0.4, 0.5) is 0 Å². The molecule has 0 atom stereocenters. The highest BCUT2D eigenvalue weighted by Gasteiger charge is 2.12. The van der Waals surface area contributed by atoms with Crippen molar-refractivity contribution in [2.75, 3.05) is 7.11 Å². The van der Waals surface area contributed by atoms with E-state index >= 15 is 0 Å². The number of hydrogen-bond acceptors (Lipinski definition) is 5. The maximum absolute atomic E-state index is 11.5. The fraction of sp³-hybridized carbons (Fsp3) is 0.0500. The highest BCUT2D eigenvalue weighted by atomic mass is 16.5. The number of aromatic nitrogens is 3. The van der Waals surface area contributed by atoms with Crippen molar-refractivity contribution in [2.24, 2.45) is 0 Å². The van der Waals surface area contributed by atoms with E-state index in [-0.39, 0.29) is 5.97 Å². The van der Waals surface area contributed by atoms with Gasteiger partial charge >= 0.3 is 5.97 Å². The van der Waals surface area contributed by atoms with Crippen LogP contribution in [0.25, 0.3) is 28.5 Å². The van der Waals surface area contributed by atoms with Gasteiger partial charge in [0.1, 0.15) is 0 Å². The van der Waals surface area contributed by atoms with Gasteiger partial charge in [0.25, 0.3) is 5.89 Å². The monoisotopic (exact) mass is 345 g/mol. The van der Waals surface area contributed by atoms with Crippen LogP contribution >= 0.6 is 0 Å². The van der Waals surface area contributed by atoms with E-state index in [0.717, 1.165) is 16.8 Å². The molecule has 0 spiro atoms. The lowest BCUT2D eigenvalue weighted by Crippen LogP contribution is -2.00. The van der Waals surface area contributed by atoms with Crippen LogP contribution < -0.4 is 0 Å². The summed E-state index contributed by atoms with van der Waals surface area (Å²) < 4.78 is 12.1. The van der Waals surface area contributed by atoms with Crippen molar-refractivity contribution in [2.45, 2.75) is 0 Å². The molecule has 0 aliphatic heterocycles. The highest BCUT2D eigenvalue weighted by Crippen LogP contribution is 2.23. The molecule has 0 radical (unpaired) electrons. The smallest absolute Gasteiger partial charge is 0.337 e. The third-order valence-corrected chi connectivity index (χ3v) is 4.01. The minimum absolute atomic E-state index is 0.384. The molecular formula is C20H15N3O3. The highest BCUT2D eigenvalue weighted by molar-refractivity contribution is 5.89. The normalized spacial score (nSPS) is 10.7. The lowest BCUT2D eigenvalue weighted by Gasteiger charge is -2.02. The number of nitrogens with zero attached hydrogens (tertiary/aromatic N) is 3. The zero-order valence-electron chi connectivity index (χ0n) is 14.0. The van der Waals surface area contributed by atoms with E-state index in [9.17, 15) is 4.79 Å². The molecule has 2 aromatic carbocycles. The van der Waals surface area contributed by atoms with Gasteiger partial charge < -0.3 is 13.8 Å². The molecule has 0 saturated heterocycles. The molecule has 0 aliphatic rings. The minimum atomic E-state index is -0.384. The summed E-state index contributed by atoms with van der Waals surface area (Å²) >= 11 is 0. The summed E-state index contributed by atoms with van der Waals surface area (Å²) in [5, 5.41) is 4.04. The van der Waals surface area contributed by atoms with Crippen LogP contribution in [0.5, 0.6) is 0 Å². The SMILES string of the molecule is COC(=O)c1ccc(-c2nc(-c3ccc(-n4cccc4)cc3)no2)cc1. The predicted molar refractivity (Wildman–Crippen MR) is 95.8 cm³/mol. The summed E-state index contributed by atoms with van der Waals surface area (Å²) in [5.41, 5.74) is 3.12. The molecule has 0 aliphatic carbocycles. The van der Waals surface area contributed by atoms with E-state index in [0.29, 0.717) is 17.3 Å². The molecule has 0 N–H and O–H groups in total. The van der Waals surface area contributed by atoms with Gasteiger partial charge in [0.2, 0.25) is 5.82 Å². The van der Waals surface area contributed by atoms with Crippen LogP contribution in [-0.4, -0.2) is 27.8 Å². The topological polar surface area (TPSA) is 70.2 Å². The molecule has 6 heteroatoms. The van der Waals surface area contributed by atoms with Crippen molar-refractivity contribution in [1.82, 2.24) is 14.7 Å². The van der Waals surface area contributed by atoms with Crippen molar-refractivity contribution < 1.29 is 14.1 Å². The number of hydrogen-bond donors (Lipinski definition) is 0. The van der Waals surface area contributed by atoms with Crippen molar-refractivity contribution in [3.8, 4) is 28.5 Å². The summed E-state index contributed by atoms with van der Waals surface area (Å²) in [7, 11) is 1.35. The Hall–Kier alpha value is -3.67. The lowest BCUT2D eigenvalue weighted by molar-refractivity contribution is 0.0600. The van der Waals surface area contributed by atoms with Crippen LogP contribution in [0.3, 0.4) is 0 Å². The third kappa shape index (κ3) is 3.00. The Morgan fingerprint density at radius 3 is 2.27 bits per heavy atom. The molecule has 128 valence electrons. The zero-order valence-corrected chi connectivity index (χ0v) is 14.0. The summed E-state index contributed by atoms with van der Waals surface area (Å²) in [6.45, 7) is 0. The molecule has 4 rings (SSSR count). The molecule has 2 heterocycles. The van der Waals surface area contributed by atoms with E-state index in [1.54, 1.807) is 24.3 Å². The Bertz CT molecular complexity index is 1020. The number of benzene rings is 2. The first-order valence-corrected chi connectivity index (χ1v) is 8.01. The summed E-state index contributed by atoms with van der Waals surface area (Å²) in [6.07, 6.45) is 3.97. The van der Waals surface area contributed by atoms with Crippen molar-refractivity contribution in [3.63, 3.8) is 0 Å². The van der Waals surface area contributed by atoms with Crippen molar-refractivity contribution in [3.05, 3.63) is 78.6 Å². The lowest BCUT2D eigenvalue weighted by atomic mass is 10.1. The van der Waals surface area contributed by atoms with Crippen molar-refractivity contribution in [1.29, 1.82) is 0 Å². The Labute approximate surface area is 149 Å². The number of methoxy groups -OCH3 is 1. The molecule has 0 bridgehead atoms. The van der Waals surface area contributed by atoms with E-state index in [1.165, 1.54) is 7.11 Å². The molecule has 4 aromatic rings. The average molecular weight is 345 g/mol. The number of carbonyl (C=O) groups excluding carboxylic acids is 1. The van der Waals surface area contributed by atoms with E-state index in [1.807, 2.05) is 53.4 Å². The second kappa shape index (κ2) is 6.68. The van der Waals surface area contributed by atoms with Crippen LogP contribution in [0.1, 0.15) is 10.4 Å². The van der Waals surface area contributed by atoms with Gasteiger partial charge in [0.15, 0.2) is 0 Å². The molecule has 0 saturated carbocycles. The molecular weight excluding hydrogens is 330 g/mol. The van der Waals surface area contributed by atoms with Crippen LogP contribution in [-0.2, 0) is 4.74 Å². The fourth-order valence-corrected chi connectivity index (χ4v) is 2.61. The van der Waals surface area contributed by atoms with Gasteiger partial charge in [-0.1, -0.05) is 5.16 Å². The molecule has 0 amide bonds. The van der Waals surface area contributed by atoms with Gasteiger partial charge in [-0.15, -0.1) is 0 Å². The number of rotatable bonds is 4. The molecule has 2 aromatic heterocycles. The second-order valence-electron chi connectivity index (χ2n) is 5.63. The molecule has 6 nitrogen and oxygen atoms in total. The van der Waals surface area contributed by atoms with E-state index < -0.39 is 0 Å². The Kier molecular flexibility index (Phi) is 4.07. The van der Waals surface area contributed by atoms with Crippen molar-refractivity contribution >= 4 is 5.97 Å². The summed E-state index contributed by atoms with van der Waals surface area (Å²) in [4.78, 5) is 15.9. The summed E-state index contributed by atoms with van der Waals surface area (Å²) in [6, 6.07) is 18.7. The second-order valence-corrected chi connectivity index (χ2v) is 5.63. The largest absolute Gasteiger partial charge is 0.465 e. The zero-order chi connectivity index (χ0) is 17.9. The van der Waals surface area contributed by atoms with Gasteiger partial charge in [0.05, 0.1) is 12.7 Å². The maximum Gasteiger partial charge on any atom is 0.337 e. The first kappa shape index (κ1) is 15.8. The Morgan fingerprint density at radius 1 is 0.962 bits per heavy atom. The molecule has 26 heavy (non-hydrogen) atoms. The summed E-state index contributed by atoms with van der Waals surface area (Å²) in [5.74, 6) is 0.521. The van der Waals surface area contributed by atoms with Gasteiger partial charge in [-0.2, -0.15) is 4.98 Å². The van der Waals surface area contributed by atoms with Gasteiger partial charge in [-0.3, -0.25) is 0 Å². The standard InChI is InChI=1S/C20H15N3O3/c1-25-20(24)16-6-4-15(5-7-16)19-21-18(22-26-19)14-8-10-17(11-9-14)23-12-2-3-13-23/h2-13H,1H3. The van der Waals surface area contributed by atoms with E-state index in [2.05, 4.69) is 14.9 Å². The van der Waals surface area contributed by atoms with Gasteiger partial charge in [0, 0.05) is 29.2 Å². The first-order chi connectivity index (χ1) is 12.7. The molecule has 0 unspecified atom stereocenters. The Balaban J connectivity index is 1.57. The fourth-order valence-electron chi connectivity index (χ4n) is 2.61. The number of esters is 1. The maximum atomic E-state index is 11.5. The van der Waals surface area contributed by atoms with Crippen LogP contribution in [0.15, 0.2) is 77.6 Å². The molecule has 0 fully saturated rings. The van der Waals surface area contributed by atoms with E-state index in [4.69, 9.17) is 4.52 Å². The first-order valence-electron chi connectivity index (χ1n) is 8.01. The minimum Gasteiger partial charge on any atom is -0.465 e.